The van der Waals surface area contributed by atoms with E-state index >= 15 is 0 Å². The minimum atomic E-state index is -2.13. The molecule has 1 saturated carbocycles. The number of carbonyl (C=O) groups excluding carboxylic acids is 4. The topological polar surface area (TPSA) is 123 Å². The number of imide groups is 2. The molecule has 6 unspecified atom stereocenters. The Morgan fingerprint density at radius 2 is 1.51 bits per heavy atom. The van der Waals surface area contributed by atoms with Crippen LogP contribution >= 0.6 is 23.2 Å². The smallest absolute Gasteiger partial charge is 0.258 e. The lowest BCUT2D eigenvalue weighted by Gasteiger charge is -2.50. The molecule has 1 N–H and O–H groups in total. The molecular weight excluding hydrogens is 774 g/mol. The van der Waals surface area contributed by atoms with Gasteiger partial charge in [0.25, 0.3) is 11.8 Å². The number of halogens is 3. The molecule has 2 aliphatic carbocycles. The second-order valence-electron chi connectivity index (χ2n) is 14.5. The van der Waals surface area contributed by atoms with Gasteiger partial charge < -0.3 is 19.3 Å². The van der Waals surface area contributed by atoms with Crippen molar-refractivity contribution < 1.29 is 42.9 Å². The van der Waals surface area contributed by atoms with E-state index in [-0.39, 0.29) is 36.6 Å². The predicted octanol–water partition coefficient (Wildman–Crippen LogP) is 7.89. The van der Waals surface area contributed by atoms with Crippen molar-refractivity contribution in [2.45, 2.75) is 35.4 Å². The first-order valence-corrected chi connectivity index (χ1v) is 19.2. The van der Waals surface area contributed by atoms with Crippen molar-refractivity contribution in [3.8, 4) is 23.0 Å². The molecule has 57 heavy (non-hydrogen) atoms. The molecule has 0 spiro atoms. The summed E-state index contributed by atoms with van der Waals surface area (Å²) in [6.07, 6.45) is 5.52. The number of alkyl halides is 2. The van der Waals surface area contributed by atoms with Crippen molar-refractivity contribution >= 4 is 70.4 Å². The van der Waals surface area contributed by atoms with Gasteiger partial charge in [-0.2, -0.15) is 0 Å². The van der Waals surface area contributed by atoms with E-state index in [0.717, 1.165) is 28.2 Å². The number of phenols is 1. The second kappa shape index (κ2) is 14.4. The first kappa shape index (κ1) is 38.2. The number of fused-ring (bicyclic) bond motifs is 4. The van der Waals surface area contributed by atoms with Crippen molar-refractivity contribution in [1.29, 1.82) is 0 Å². The Morgan fingerprint density at radius 3 is 2.19 bits per heavy atom. The highest BCUT2D eigenvalue weighted by Crippen LogP contribution is 2.66. The van der Waals surface area contributed by atoms with Crippen molar-refractivity contribution in [1.82, 2.24) is 0 Å². The zero-order valence-corrected chi connectivity index (χ0v) is 32.6. The Morgan fingerprint density at radius 1 is 0.807 bits per heavy atom. The highest BCUT2D eigenvalue weighted by molar-refractivity contribution is 6.58. The summed E-state index contributed by atoms with van der Waals surface area (Å²) in [5.74, 6) is -5.33. The molecule has 3 fully saturated rings. The maximum Gasteiger partial charge on any atom is 0.258 e. The lowest BCUT2D eigenvalue weighted by molar-refractivity contribution is -0.125. The first-order valence-electron chi connectivity index (χ1n) is 18.4. The predicted molar refractivity (Wildman–Crippen MR) is 213 cm³/mol. The van der Waals surface area contributed by atoms with Gasteiger partial charge >= 0.3 is 0 Å². The summed E-state index contributed by atoms with van der Waals surface area (Å²) in [4.78, 5) is 55.8. The average molecular weight is 812 g/mol. The minimum absolute atomic E-state index is 0.0781. The molecule has 4 aromatic rings. The number of methoxy groups -OCH3 is 2. The molecule has 6 atom stereocenters. The molecule has 0 radical (unpaired) electrons. The van der Waals surface area contributed by atoms with Crippen LogP contribution in [0.25, 0.3) is 12.2 Å². The van der Waals surface area contributed by atoms with Gasteiger partial charge in [0.2, 0.25) is 11.8 Å². The molecule has 2 saturated heterocycles. The lowest BCUT2D eigenvalue weighted by Crippen LogP contribution is -2.60. The Bertz CT molecular complexity index is 2380. The number of hydrogen-bond donors (Lipinski definition) is 1. The molecule has 4 aromatic carbocycles. The highest BCUT2D eigenvalue weighted by Gasteiger charge is 2.76. The van der Waals surface area contributed by atoms with E-state index < -0.39 is 62.9 Å². The molecule has 13 heteroatoms. The number of anilines is 2. The summed E-state index contributed by atoms with van der Waals surface area (Å²) >= 11 is 15.0. The Labute approximate surface area is 338 Å². The van der Waals surface area contributed by atoms with Crippen LogP contribution in [0.2, 0.25) is 0 Å². The summed E-state index contributed by atoms with van der Waals surface area (Å²) in [6, 6.07) is 21.8. The number of ether oxygens (including phenoxy) is 3. The van der Waals surface area contributed by atoms with Gasteiger partial charge in [-0.15, -0.1) is 23.2 Å². The molecular formula is C44H37Cl2FN2O8. The third-order valence-electron chi connectivity index (χ3n) is 11.6. The lowest BCUT2D eigenvalue weighted by atomic mass is 9.56. The van der Waals surface area contributed by atoms with E-state index in [1.54, 1.807) is 63.6 Å². The second-order valence-corrected chi connectivity index (χ2v) is 15.7. The van der Waals surface area contributed by atoms with Gasteiger partial charge in [0.15, 0.2) is 21.2 Å². The van der Waals surface area contributed by atoms with Crippen molar-refractivity contribution in [3.63, 3.8) is 0 Å². The first-order chi connectivity index (χ1) is 27.4. The summed E-state index contributed by atoms with van der Waals surface area (Å²) in [5, 5.41) is 10.6. The van der Waals surface area contributed by atoms with Crippen molar-refractivity contribution in [2.24, 2.45) is 17.8 Å². The number of allylic oxidation sites excluding steroid dienone is 2. The van der Waals surface area contributed by atoms with Gasteiger partial charge in [0.1, 0.15) is 17.3 Å². The number of hydrogen-bond acceptors (Lipinski definition) is 8. The number of rotatable bonds is 9. The Kier molecular flexibility index (Phi) is 9.64. The Hall–Kier alpha value is -5.65. The zero-order valence-electron chi connectivity index (χ0n) is 31.1. The third kappa shape index (κ3) is 5.89. The zero-order chi connectivity index (χ0) is 40.4. The Balaban J connectivity index is 1.17. The van der Waals surface area contributed by atoms with E-state index in [4.69, 9.17) is 37.4 Å². The van der Waals surface area contributed by atoms with Gasteiger partial charge in [0, 0.05) is 11.5 Å². The van der Waals surface area contributed by atoms with Gasteiger partial charge in [-0.1, -0.05) is 42.0 Å². The van der Waals surface area contributed by atoms with Crippen LogP contribution in [-0.2, 0) is 19.2 Å². The number of amides is 4. The van der Waals surface area contributed by atoms with Gasteiger partial charge in [-0.05, 0) is 104 Å². The van der Waals surface area contributed by atoms with Crippen LogP contribution in [0.5, 0.6) is 23.0 Å². The number of phenolic OH excluding ortho intramolecular Hbond substituents is 1. The molecule has 8 rings (SSSR count). The summed E-state index contributed by atoms with van der Waals surface area (Å²) in [6.45, 7) is 1.97. The molecule has 0 bridgehead atoms. The van der Waals surface area contributed by atoms with Crippen molar-refractivity contribution in [2.75, 3.05) is 30.6 Å². The molecule has 10 nitrogen and oxygen atoms in total. The van der Waals surface area contributed by atoms with Crippen LogP contribution in [-0.4, -0.2) is 59.3 Å². The number of aromatic hydroxyl groups is 1. The van der Waals surface area contributed by atoms with Crippen LogP contribution in [0.15, 0.2) is 96.6 Å². The number of nitrogens with zero attached hydrogens (tertiary/aromatic N) is 2. The summed E-state index contributed by atoms with van der Waals surface area (Å²) in [5.41, 5.74) is 3.05. The molecule has 0 aromatic heterocycles. The summed E-state index contributed by atoms with van der Waals surface area (Å²) in [7, 11) is 3.17. The molecule has 2 aliphatic heterocycles. The fraction of sp³-hybridized carbons (Fsp3) is 0.273. The maximum atomic E-state index is 14.6. The van der Waals surface area contributed by atoms with E-state index in [9.17, 15) is 28.7 Å². The van der Waals surface area contributed by atoms with Crippen LogP contribution in [0.4, 0.5) is 15.8 Å². The fourth-order valence-corrected chi connectivity index (χ4v) is 9.83. The van der Waals surface area contributed by atoms with Crippen LogP contribution in [0, 0.1) is 23.6 Å². The summed E-state index contributed by atoms with van der Waals surface area (Å²) < 4.78 is 30.5. The van der Waals surface area contributed by atoms with E-state index in [1.165, 1.54) is 23.1 Å². The van der Waals surface area contributed by atoms with Gasteiger partial charge in [0.05, 0.1) is 44.0 Å². The van der Waals surface area contributed by atoms with Crippen molar-refractivity contribution in [3.05, 3.63) is 119 Å². The maximum absolute atomic E-state index is 14.6. The molecule has 2 heterocycles. The average Bonchev–Trinajstić information content (AvgIpc) is 3.55. The normalized spacial score (nSPS) is 26.7. The SMILES string of the molecule is CCOc1cc(C2C3=CCC4C(=O)N(c5ccc(C=Cc6cc(OC)ccc6OC)cc5)C(=O)C4C3CC3(Cl)C(=O)N(c4ccc(F)cc4)C(=O)C23Cl)ccc1O. The van der Waals surface area contributed by atoms with Crippen LogP contribution < -0.4 is 24.0 Å². The monoisotopic (exact) mass is 810 g/mol. The third-order valence-corrected chi connectivity index (χ3v) is 13.0. The van der Waals surface area contributed by atoms with E-state index in [0.29, 0.717) is 28.3 Å². The number of benzene rings is 4. The molecule has 4 aliphatic rings. The van der Waals surface area contributed by atoms with Gasteiger partial charge in [-0.3, -0.25) is 24.1 Å². The molecule has 292 valence electrons. The largest absolute Gasteiger partial charge is 0.504 e. The standard InChI is InChI=1S/C44H37Cl2FN2O8/c1-4-57-36-22-26(9-19-34(36)50)38-31-17-18-32-37(33(31)23-43(45)41(53)49(42(54)44(38,43)46)29-14-10-27(47)11-15-29)40(52)48(39(32)51)28-12-6-24(7-13-28)5-8-25-21-30(55-2)16-20-35(25)56-3/h5-17,19-22,32-33,37-38,50H,4,18,23H2,1-3H3. The van der Waals surface area contributed by atoms with Gasteiger partial charge in [-0.25, -0.2) is 9.29 Å². The fourth-order valence-electron chi connectivity index (χ4n) is 8.90. The number of carbonyl (C=O) groups is 4. The quantitative estimate of drug-likeness (QED) is 0.0785. The molecule has 4 amide bonds. The van der Waals surface area contributed by atoms with Crippen LogP contribution in [0.1, 0.15) is 42.4 Å². The van der Waals surface area contributed by atoms with Crippen LogP contribution in [0.3, 0.4) is 0 Å². The van der Waals surface area contributed by atoms with E-state index in [2.05, 4.69) is 0 Å². The highest BCUT2D eigenvalue weighted by atomic mass is 35.5. The van der Waals surface area contributed by atoms with E-state index in [1.807, 2.05) is 30.4 Å². The minimum Gasteiger partial charge on any atom is -0.504 e.